The van der Waals surface area contributed by atoms with Crippen LogP contribution in [0.5, 0.6) is 11.6 Å². The van der Waals surface area contributed by atoms with Crippen LogP contribution >= 0.6 is 11.6 Å². The first-order valence-electron chi connectivity index (χ1n) is 6.68. The van der Waals surface area contributed by atoms with Crippen LogP contribution in [0.3, 0.4) is 0 Å². The number of nitrogens with zero attached hydrogens (tertiary/aromatic N) is 1. The van der Waals surface area contributed by atoms with Gasteiger partial charge in [0.05, 0.1) is 23.0 Å². The molecule has 3 rings (SSSR count). The summed E-state index contributed by atoms with van der Waals surface area (Å²) in [5.74, 6) is 0.254. The van der Waals surface area contributed by atoms with E-state index >= 15 is 0 Å². The molecule has 0 N–H and O–H groups in total. The van der Waals surface area contributed by atoms with E-state index in [0.717, 1.165) is 5.56 Å². The first kappa shape index (κ1) is 14.6. The molecule has 112 valence electrons. The quantitative estimate of drug-likeness (QED) is 0.704. The molecule has 0 atom stereocenters. The van der Waals surface area contributed by atoms with Crippen LogP contribution in [0.25, 0.3) is 10.9 Å². The summed E-state index contributed by atoms with van der Waals surface area (Å²) in [6.07, 6.45) is 0. The highest BCUT2D eigenvalue weighted by Gasteiger charge is 2.12. The van der Waals surface area contributed by atoms with Gasteiger partial charge < -0.3 is 9.47 Å². The van der Waals surface area contributed by atoms with E-state index in [4.69, 9.17) is 21.1 Å². The average Bonchev–Trinajstić information content (AvgIpc) is 2.52. The number of aromatic nitrogens is 1. The van der Waals surface area contributed by atoms with Gasteiger partial charge in [0, 0.05) is 18.2 Å². The van der Waals surface area contributed by atoms with Gasteiger partial charge in [-0.1, -0.05) is 41.9 Å². The fraction of sp³-hybridized carbons (Fsp3) is 0.118. The number of methoxy groups -OCH3 is 1. The summed E-state index contributed by atoms with van der Waals surface area (Å²) in [7, 11) is 1.46. The van der Waals surface area contributed by atoms with Crippen molar-refractivity contribution < 1.29 is 13.9 Å². The lowest BCUT2D eigenvalue weighted by molar-refractivity contribution is 0.295. The van der Waals surface area contributed by atoms with E-state index in [1.54, 1.807) is 6.07 Å². The maximum Gasteiger partial charge on any atom is 0.215 e. The molecule has 3 aromatic rings. The highest BCUT2D eigenvalue weighted by atomic mass is 35.5. The maximum atomic E-state index is 13.6. The number of rotatable bonds is 4. The summed E-state index contributed by atoms with van der Waals surface area (Å²) in [4.78, 5) is 4.29. The van der Waals surface area contributed by atoms with Crippen LogP contribution in [0.2, 0.25) is 5.02 Å². The van der Waals surface area contributed by atoms with Crippen molar-refractivity contribution in [1.82, 2.24) is 4.98 Å². The molecule has 0 amide bonds. The third-order valence-electron chi connectivity index (χ3n) is 3.22. The third-order valence-corrected chi connectivity index (χ3v) is 3.51. The third kappa shape index (κ3) is 2.97. The van der Waals surface area contributed by atoms with Gasteiger partial charge in [-0.25, -0.2) is 9.37 Å². The Hall–Kier alpha value is -2.33. The van der Waals surface area contributed by atoms with Crippen molar-refractivity contribution in [3.8, 4) is 11.6 Å². The van der Waals surface area contributed by atoms with Crippen LogP contribution in [-0.4, -0.2) is 12.1 Å². The van der Waals surface area contributed by atoms with Crippen molar-refractivity contribution in [2.24, 2.45) is 0 Å². The van der Waals surface area contributed by atoms with Crippen LogP contribution < -0.4 is 9.47 Å². The molecule has 0 radical (unpaired) electrons. The van der Waals surface area contributed by atoms with E-state index in [9.17, 15) is 4.39 Å². The topological polar surface area (TPSA) is 31.4 Å². The number of fused-ring (bicyclic) bond motifs is 1. The van der Waals surface area contributed by atoms with Gasteiger partial charge in [0.1, 0.15) is 18.2 Å². The zero-order valence-corrected chi connectivity index (χ0v) is 12.6. The lowest BCUT2D eigenvalue weighted by Crippen LogP contribution is -1.98. The van der Waals surface area contributed by atoms with Gasteiger partial charge in [-0.3, -0.25) is 0 Å². The van der Waals surface area contributed by atoms with Gasteiger partial charge in [-0.05, 0) is 5.56 Å². The number of ether oxygens (including phenoxy) is 2. The fourth-order valence-electron chi connectivity index (χ4n) is 2.19. The Kier molecular flexibility index (Phi) is 4.11. The highest BCUT2D eigenvalue weighted by Crippen LogP contribution is 2.34. The smallest absolute Gasteiger partial charge is 0.215 e. The fourth-order valence-corrected chi connectivity index (χ4v) is 2.48. The summed E-state index contributed by atoms with van der Waals surface area (Å²) in [6.45, 7) is 0.363. The van der Waals surface area contributed by atoms with Crippen molar-refractivity contribution in [1.29, 1.82) is 0 Å². The molecular weight excluding hydrogens is 305 g/mol. The van der Waals surface area contributed by atoms with E-state index in [2.05, 4.69) is 4.98 Å². The first-order chi connectivity index (χ1) is 10.7. The Balaban J connectivity index is 1.95. The van der Waals surface area contributed by atoms with Crippen LogP contribution in [0.15, 0.2) is 48.5 Å². The summed E-state index contributed by atoms with van der Waals surface area (Å²) < 4.78 is 24.4. The second-order valence-electron chi connectivity index (χ2n) is 4.72. The molecule has 1 aromatic heterocycles. The van der Waals surface area contributed by atoms with Crippen LogP contribution in [0.1, 0.15) is 5.56 Å². The number of hydrogen-bond acceptors (Lipinski definition) is 3. The summed E-state index contributed by atoms with van der Waals surface area (Å²) in [5.41, 5.74) is 1.41. The van der Waals surface area contributed by atoms with E-state index in [1.165, 1.54) is 19.2 Å². The van der Waals surface area contributed by atoms with E-state index < -0.39 is 5.82 Å². The molecule has 0 saturated heterocycles. The Morgan fingerprint density at radius 1 is 1.14 bits per heavy atom. The van der Waals surface area contributed by atoms with Gasteiger partial charge in [-0.15, -0.1) is 0 Å². The van der Waals surface area contributed by atoms with Crippen molar-refractivity contribution >= 4 is 22.5 Å². The van der Waals surface area contributed by atoms with E-state index in [0.29, 0.717) is 34.2 Å². The molecule has 0 aliphatic rings. The summed E-state index contributed by atoms with van der Waals surface area (Å²) >= 11 is 6.26. The van der Waals surface area contributed by atoms with Gasteiger partial charge in [0.25, 0.3) is 0 Å². The molecule has 22 heavy (non-hydrogen) atoms. The van der Waals surface area contributed by atoms with Crippen LogP contribution in [0.4, 0.5) is 4.39 Å². The zero-order chi connectivity index (χ0) is 15.5. The molecule has 5 heteroatoms. The Bertz CT molecular complexity index is 809. The van der Waals surface area contributed by atoms with Gasteiger partial charge >= 0.3 is 0 Å². The number of benzene rings is 2. The second-order valence-corrected chi connectivity index (χ2v) is 5.13. The lowest BCUT2D eigenvalue weighted by atomic mass is 10.2. The minimum Gasteiger partial charge on any atom is -0.496 e. The highest BCUT2D eigenvalue weighted by molar-refractivity contribution is 6.36. The largest absolute Gasteiger partial charge is 0.496 e. The van der Waals surface area contributed by atoms with Gasteiger partial charge in [0.2, 0.25) is 5.88 Å². The van der Waals surface area contributed by atoms with E-state index in [1.807, 2.05) is 30.3 Å². The molecule has 0 fully saturated rings. The molecule has 3 nitrogen and oxygen atoms in total. The van der Waals surface area contributed by atoms with Crippen molar-refractivity contribution in [3.63, 3.8) is 0 Å². The zero-order valence-electron chi connectivity index (χ0n) is 11.8. The molecule has 0 saturated carbocycles. The average molecular weight is 318 g/mol. The Morgan fingerprint density at radius 3 is 2.64 bits per heavy atom. The van der Waals surface area contributed by atoms with E-state index in [-0.39, 0.29) is 0 Å². The minimum atomic E-state index is -0.437. The molecule has 0 spiro atoms. The second kappa shape index (κ2) is 6.20. The van der Waals surface area contributed by atoms with Gasteiger partial charge in [-0.2, -0.15) is 0 Å². The van der Waals surface area contributed by atoms with Gasteiger partial charge in [0.15, 0.2) is 0 Å². The SMILES string of the molecule is COc1cc(F)cc2nc(OCc3ccccc3)cc(Cl)c12. The minimum absolute atomic E-state index is 0.342. The standard InChI is InChI=1S/C17H13ClFNO2/c1-21-15-8-12(19)7-14-17(15)13(18)9-16(20-14)22-10-11-5-3-2-4-6-11/h2-9H,10H2,1H3. The van der Waals surface area contributed by atoms with Crippen LogP contribution in [0, 0.1) is 5.82 Å². The van der Waals surface area contributed by atoms with Crippen molar-refractivity contribution in [2.75, 3.05) is 7.11 Å². The Morgan fingerprint density at radius 2 is 1.91 bits per heavy atom. The molecule has 0 bridgehead atoms. The number of pyridine rings is 1. The van der Waals surface area contributed by atoms with Crippen LogP contribution in [-0.2, 0) is 6.61 Å². The summed E-state index contributed by atoms with van der Waals surface area (Å²) in [6, 6.07) is 13.9. The maximum absolute atomic E-state index is 13.6. The number of hydrogen-bond donors (Lipinski definition) is 0. The monoisotopic (exact) mass is 317 g/mol. The van der Waals surface area contributed by atoms with Crippen molar-refractivity contribution in [3.05, 3.63) is 64.9 Å². The molecule has 0 unspecified atom stereocenters. The van der Waals surface area contributed by atoms with Crippen molar-refractivity contribution in [2.45, 2.75) is 6.61 Å². The molecule has 0 aliphatic carbocycles. The normalized spacial score (nSPS) is 10.7. The molecule has 2 aromatic carbocycles. The first-order valence-corrected chi connectivity index (χ1v) is 7.05. The summed E-state index contributed by atoms with van der Waals surface area (Å²) in [5, 5.41) is 0.975. The molecule has 0 aliphatic heterocycles. The molecular formula is C17H13ClFNO2. The predicted molar refractivity (Wildman–Crippen MR) is 84.0 cm³/mol. The lowest BCUT2D eigenvalue weighted by Gasteiger charge is -2.10. The molecule has 1 heterocycles. The number of halogens is 2. The Labute approximate surface area is 132 Å². The predicted octanol–water partition coefficient (Wildman–Crippen LogP) is 4.61.